The third-order valence-corrected chi connectivity index (χ3v) is 2.56. The van der Waals surface area contributed by atoms with Crippen LogP contribution in [-0.2, 0) is 0 Å². The van der Waals surface area contributed by atoms with Crippen molar-refractivity contribution in [3.8, 4) is 22.8 Å². The second kappa shape index (κ2) is 3.31. The summed E-state index contributed by atoms with van der Waals surface area (Å²) in [5.74, 6) is 1.92. The van der Waals surface area contributed by atoms with Crippen molar-refractivity contribution in [2.24, 2.45) is 0 Å². The Kier molecular flexibility index (Phi) is 1.94. The Morgan fingerprint density at radius 2 is 2.06 bits per heavy atom. The van der Waals surface area contributed by atoms with Crippen LogP contribution >= 0.6 is 11.6 Å². The number of ether oxygens (including phenoxy) is 2. The molecule has 0 saturated heterocycles. The molecule has 1 aromatic carbocycles. The van der Waals surface area contributed by atoms with Gasteiger partial charge in [0.05, 0.1) is 10.6 Å². The van der Waals surface area contributed by atoms with Crippen LogP contribution in [-0.4, -0.2) is 11.9 Å². The first-order valence-corrected chi connectivity index (χ1v) is 4.94. The number of fused-ring (bicyclic) bond motifs is 1. The highest BCUT2D eigenvalue weighted by atomic mass is 35.5. The summed E-state index contributed by atoms with van der Waals surface area (Å²) in [5, 5.41) is 4.12. The summed E-state index contributed by atoms with van der Waals surface area (Å²) < 4.78 is 15.7. The van der Waals surface area contributed by atoms with Crippen LogP contribution in [0.5, 0.6) is 11.5 Å². The summed E-state index contributed by atoms with van der Waals surface area (Å²) >= 11 is 5.96. The summed E-state index contributed by atoms with van der Waals surface area (Å²) in [6.45, 7) is 0.148. The van der Waals surface area contributed by atoms with E-state index < -0.39 is 0 Å². The maximum atomic E-state index is 5.96. The average molecular weight is 239 g/mol. The van der Waals surface area contributed by atoms with Gasteiger partial charge < -0.3 is 19.7 Å². The highest BCUT2D eigenvalue weighted by molar-refractivity contribution is 6.32. The number of nitrogen functional groups attached to an aromatic ring is 1. The van der Waals surface area contributed by atoms with Gasteiger partial charge in [-0.25, -0.2) is 0 Å². The Hall–Kier alpha value is -1.88. The third-order valence-electron chi connectivity index (χ3n) is 2.26. The van der Waals surface area contributed by atoms with Crippen LogP contribution in [0, 0.1) is 0 Å². The fourth-order valence-electron chi connectivity index (χ4n) is 1.57. The molecule has 2 heterocycles. The average Bonchev–Trinajstić information content (AvgIpc) is 2.87. The molecule has 0 atom stereocenters. The van der Waals surface area contributed by atoms with Crippen LogP contribution in [0.3, 0.4) is 0 Å². The van der Waals surface area contributed by atoms with E-state index in [1.165, 1.54) is 0 Å². The Morgan fingerprint density at radius 1 is 1.25 bits per heavy atom. The molecule has 1 aliphatic rings. The molecule has 0 aliphatic carbocycles. The molecule has 1 aliphatic heterocycles. The van der Waals surface area contributed by atoms with Gasteiger partial charge in [-0.05, 0) is 12.1 Å². The van der Waals surface area contributed by atoms with E-state index in [1.54, 1.807) is 18.2 Å². The molecule has 5 nitrogen and oxygen atoms in total. The van der Waals surface area contributed by atoms with Gasteiger partial charge in [-0.1, -0.05) is 16.8 Å². The molecule has 2 aromatic rings. The number of rotatable bonds is 1. The van der Waals surface area contributed by atoms with Crippen LogP contribution in [0.15, 0.2) is 22.7 Å². The molecule has 0 amide bonds. The molecule has 0 fully saturated rings. The lowest BCUT2D eigenvalue weighted by atomic mass is 10.1. The monoisotopic (exact) mass is 238 g/mol. The van der Waals surface area contributed by atoms with Gasteiger partial charge in [0.2, 0.25) is 6.79 Å². The van der Waals surface area contributed by atoms with Crippen LogP contribution in [0.2, 0.25) is 5.02 Å². The number of anilines is 1. The number of hydrogen-bond acceptors (Lipinski definition) is 5. The topological polar surface area (TPSA) is 70.5 Å². The molecule has 0 saturated carbocycles. The first-order chi connectivity index (χ1) is 7.75. The van der Waals surface area contributed by atoms with Crippen LogP contribution in [0.4, 0.5) is 5.82 Å². The Labute approximate surface area is 95.7 Å². The zero-order valence-electron chi connectivity index (χ0n) is 8.07. The number of halogens is 1. The number of nitrogens with two attached hydrogens (primary N) is 1. The summed E-state index contributed by atoms with van der Waals surface area (Å²) in [6, 6.07) is 5.10. The maximum Gasteiger partial charge on any atom is 0.231 e. The van der Waals surface area contributed by atoms with Gasteiger partial charge in [0.1, 0.15) is 0 Å². The third kappa shape index (κ3) is 1.29. The lowest BCUT2D eigenvalue weighted by Crippen LogP contribution is -1.93. The van der Waals surface area contributed by atoms with Crippen molar-refractivity contribution < 1.29 is 14.0 Å². The molecule has 3 rings (SSSR count). The summed E-state index contributed by atoms with van der Waals surface area (Å²) in [7, 11) is 0. The van der Waals surface area contributed by atoms with Gasteiger partial charge in [-0.2, -0.15) is 0 Å². The van der Waals surface area contributed by atoms with Gasteiger partial charge in [0.15, 0.2) is 23.1 Å². The molecule has 0 bridgehead atoms. The van der Waals surface area contributed by atoms with Crippen LogP contribution in [0.25, 0.3) is 11.3 Å². The molecule has 2 N–H and O–H groups in total. The van der Waals surface area contributed by atoms with Crippen molar-refractivity contribution in [2.45, 2.75) is 0 Å². The zero-order valence-corrected chi connectivity index (χ0v) is 8.82. The summed E-state index contributed by atoms with van der Waals surface area (Å²) in [4.78, 5) is 0. The predicted octanol–water partition coefficient (Wildman–Crippen LogP) is 2.31. The van der Waals surface area contributed by atoms with Crippen molar-refractivity contribution in [2.75, 3.05) is 12.5 Å². The van der Waals surface area contributed by atoms with Crippen LogP contribution in [0.1, 0.15) is 0 Å². The highest BCUT2D eigenvalue weighted by Crippen LogP contribution is 2.45. The summed E-state index contributed by atoms with van der Waals surface area (Å²) in [6.07, 6.45) is 0. The molecule has 1 aromatic heterocycles. The van der Waals surface area contributed by atoms with E-state index in [0.29, 0.717) is 28.1 Å². The molecule has 16 heavy (non-hydrogen) atoms. The minimum absolute atomic E-state index is 0.148. The number of nitrogens with zero attached hydrogens (tertiary/aromatic N) is 1. The highest BCUT2D eigenvalue weighted by Gasteiger charge is 2.23. The molecule has 0 radical (unpaired) electrons. The molecular formula is C10H7ClN2O3. The largest absolute Gasteiger partial charge is 0.453 e. The van der Waals surface area contributed by atoms with Gasteiger partial charge in [-0.3, -0.25) is 0 Å². The molecular weight excluding hydrogens is 232 g/mol. The second-order valence-corrected chi connectivity index (χ2v) is 3.68. The number of hydrogen-bond donors (Lipinski definition) is 1. The van der Waals surface area contributed by atoms with E-state index in [1.807, 2.05) is 0 Å². The quantitative estimate of drug-likeness (QED) is 0.826. The first kappa shape index (κ1) is 9.35. The van der Waals surface area contributed by atoms with Crippen molar-refractivity contribution in [1.29, 1.82) is 0 Å². The van der Waals surface area contributed by atoms with Crippen molar-refractivity contribution in [3.63, 3.8) is 0 Å². The fraction of sp³-hybridized carbons (Fsp3) is 0.100. The van der Waals surface area contributed by atoms with E-state index in [2.05, 4.69) is 5.16 Å². The van der Waals surface area contributed by atoms with E-state index in [0.717, 1.165) is 5.56 Å². The van der Waals surface area contributed by atoms with Crippen molar-refractivity contribution in [1.82, 2.24) is 5.16 Å². The predicted molar refractivity (Wildman–Crippen MR) is 57.5 cm³/mol. The lowest BCUT2D eigenvalue weighted by molar-refractivity contribution is 0.174. The van der Waals surface area contributed by atoms with Gasteiger partial charge >= 0.3 is 0 Å². The van der Waals surface area contributed by atoms with Gasteiger partial charge in [0.25, 0.3) is 0 Å². The molecule has 0 spiro atoms. The number of aromatic nitrogens is 1. The van der Waals surface area contributed by atoms with E-state index in [9.17, 15) is 0 Å². The minimum atomic E-state index is 0.148. The van der Waals surface area contributed by atoms with Gasteiger partial charge in [-0.15, -0.1) is 0 Å². The minimum Gasteiger partial charge on any atom is -0.453 e. The number of benzene rings is 1. The Balaban J connectivity index is 2.19. The summed E-state index contributed by atoms with van der Waals surface area (Å²) in [5.41, 5.74) is 6.21. The standard InChI is InChI=1S/C10H7ClN2O3/c11-6-2-1-5(7-3-8(12)13-16-7)9-10(6)15-4-14-9/h1-3H,4H2,(H2,12,13). The maximum absolute atomic E-state index is 5.96. The SMILES string of the molecule is Nc1cc(-c2ccc(Cl)c3c2OCO3)on1. The Morgan fingerprint density at radius 3 is 2.81 bits per heavy atom. The fourth-order valence-corrected chi connectivity index (χ4v) is 1.78. The van der Waals surface area contributed by atoms with E-state index in [4.69, 9.17) is 31.3 Å². The van der Waals surface area contributed by atoms with Gasteiger partial charge in [0, 0.05) is 6.07 Å². The van der Waals surface area contributed by atoms with Crippen LogP contribution < -0.4 is 15.2 Å². The smallest absolute Gasteiger partial charge is 0.231 e. The molecule has 0 unspecified atom stereocenters. The lowest BCUT2D eigenvalue weighted by Gasteiger charge is -2.02. The van der Waals surface area contributed by atoms with Crippen molar-refractivity contribution in [3.05, 3.63) is 23.2 Å². The molecule has 82 valence electrons. The zero-order chi connectivity index (χ0) is 11.1. The second-order valence-electron chi connectivity index (χ2n) is 3.28. The molecule has 6 heteroatoms. The van der Waals surface area contributed by atoms with Crippen molar-refractivity contribution >= 4 is 17.4 Å². The normalized spacial score (nSPS) is 13.1. The van der Waals surface area contributed by atoms with E-state index in [-0.39, 0.29) is 6.79 Å². The first-order valence-electron chi connectivity index (χ1n) is 4.56. The Bertz CT molecular complexity index is 553. The van der Waals surface area contributed by atoms with E-state index >= 15 is 0 Å².